The lowest BCUT2D eigenvalue weighted by Gasteiger charge is -2.23. The smallest absolute Gasteiger partial charge is 0.191 e. The first-order chi connectivity index (χ1) is 7.89. The van der Waals surface area contributed by atoms with Gasteiger partial charge in [-0.25, -0.2) is 0 Å². The van der Waals surface area contributed by atoms with Crippen LogP contribution in [0, 0.1) is 5.41 Å². The van der Waals surface area contributed by atoms with E-state index in [0.717, 1.165) is 18.3 Å². The Balaban J connectivity index is 3.87. The molecule has 1 atom stereocenters. The number of aliphatic imine (C=N–C) groups is 1. The van der Waals surface area contributed by atoms with Crippen LogP contribution in [0.25, 0.3) is 0 Å². The standard InChI is InChI=1S/C13H29N3S/c1-11(7-8-13(2,3)4)16-12(14-5)15-9-10-17-6/h11H,7-10H2,1-6H3,(H2,14,15,16). The second-order valence-corrected chi connectivity index (χ2v) is 6.62. The van der Waals surface area contributed by atoms with Crippen molar-refractivity contribution in [2.45, 2.75) is 46.6 Å². The van der Waals surface area contributed by atoms with E-state index in [1.165, 1.54) is 12.8 Å². The lowest BCUT2D eigenvalue weighted by Crippen LogP contribution is -2.43. The quantitative estimate of drug-likeness (QED) is 0.437. The van der Waals surface area contributed by atoms with Crippen LogP contribution in [-0.4, -0.2) is 37.6 Å². The van der Waals surface area contributed by atoms with E-state index in [9.17, 15) is 0 Å². The largest absolute Gasteiger partial charge is 0.356 e. The van der Waals surface area contributed by atoms with Gasteiger partial charge in [0.2, 0.25) is 0 Å². The molecule has 0 heterocycles. The second kappa shape index (κ2) is 8.67. The van der Waals surface area contributed by atoms with Crippen molar-refractivity contribution in [1.29, 1.82) is 0 Å². The average Bonchev–Trinajstić information content (AvgIpc) is 2.24. The fraction of sp³-hybridized carbons (Fsp3) is 0.923. The van der Waals surface area contributed by atoms with Gasteiger partial charge >= 0.3 is 0 Å². The summed E-state index contributed by atoms with van der Waals surface area (Å²) in [6, 6.07) is 0.467. The Hall–Kier alpha value is -0.380. The van der Waals surface area contributed by atoms with Crippen molar-refractivity contribution in [2.75, 3.05) is 25.6 Å². The van der Waals surface area contributed by atoms with E-state index in [-0.39, 0.29) is 0 Å². The molecule has 17 heavy (non-hydrogen) atoms. The third-order valence-corrected chi connectivity index (χ3v) is 3.15. The van der Waals surface area contributed by atoms with Crippen molar-refractivity contribution < 1.29 is 0 Å². The van der Waals surface area contributed by atoms with Crippen LogP contribution in [0.3, 0.4) is 0 Å². The molecule has 0 aromatic carbocycles. The van der Waals surface area contributed by atoms with Gasteiger partial charge < -0.3 is 10.6 Å². The minimum absolute atomic E-state index is 0.408. The van der Waals surface area contributed by atoms with Gasteiger partial charge in [0.15, 0.2) is 5.96 Å². The van der Waals surface area contributed by atoms with Gasteiger partial charge in [-0.1, -0.05) is 20.8 Å². The van der Waals surface area contributed by atoms with Gasteiger partial charge in [0, 0.05) is 25.4 Å². The highest BCUT2D eigenvalue weighted by molar-refractivity contribution is 7.98. The maximum absolute atomic E-state index is 4.23. The summed E-state index contributed by atoms with van der Waals surface area (Å²) in [7, 11) is 1.82. The topological polar surface area (TPSA) is 36.4 Å². The number of rotatable bonds is 6. The zero-order valence-electron chi connectivity index (χ0n) is 12.3. The highest BCUT2D eigenvalue weighted by atomic mass is 32.2. The molecular formula is C13H29N3S. The highest BCUT2D eigenvalue weighted by Gasteiger charge is 2.13. The molecule has 0 radical (unpaired) electrons. The Morgan fingerprint density at radius 2 is 2.00 bits per heavy atom. The summed E-state index contributed by atoms with van der Waals surface area (Å²) in [6.45, 7) is 10.0. The van der Waals surface area contributed by atoms with Crippen molar-refractivity contribution in [2.24, 2.45) is 10.4 Å². The first-order valence-electron chi connectivity index (χ1n) is 6.35. The van der Waals surface area contributed by atoms with Gasteiger partial charge in [-0.2, -0.15) is 11.8 Å². The van der Waals surface area contributed by atoms with Crippen LogP contribution in [0.4, 0.5) is 0 Å². The van der Waals surface area contributed by atoms with Crippen molar-refractivity contribution in [3.8, 4) is 0 Å². The molecule has 0 aromatic heterocycles. The van der Waals surface area contributed by atoms with Crippen LogP contribution in [-0.2, 0) is 0 Å². The Bertz CT molecular complexity index is 221. The minimum atomic E-state index is 0.408. The third kappa shape index (κ3) is 10.5. The molecule has 0 aliphatic rings. The first-order valence-corrected chi connectivity index (χ1v) is 7.74. The molecule has 3 nitrogen and oxygen atoms in total. The third-order valence-electron chi connectivity index (χ3n) is 2.53. The maximum atomic E-state index is 4.23. The molecule has 0 aromatic rings. The molecule has 2 N–H and O–H groups in total. The molecule has 0 fully saturated rings. The molecule has 1 unspecified atom stereocenters. The summed E-state index contributed by atoms with van der Waals surface area (Å²) in [5.74, 6) is 2.03. The minimum Gasteiger partial charge on any atom is -0.356 e. The molecule has 0 saturated carbocycles. The lowest BCUT2D eigenvalue weighted by atomic mass is 9.89. The molecule has 0 rings (SSSR count). The number of thioether (sulfide) groups is 1. The van der Waals surface area contributed by atoms with Gasteiger partial charge in [-0.3, -0.25) is 4.99 Å². The monoisotopic (exact) mass is 259 g/mol. The van der Waals surface area contributed by atoms with E-state index in [4.69, 9.17) is 0 Å². The predicted molar refractivity (Wildman–Crippen MR) is 81.0 cm³/mol. The molecule has 0 amide bonds. The molecule has 0 saturated heterocycles. The Labute approximate surface area is 111 Å². The predicted octanol–water partition coefficient (Wildman–Crippen LogP) is 2.73. The summed E-state index contributed by atoms with van der Waals surface area (Å²) < 4.78 is 0. The summed E-state index contributed by atoms with van der Waals surface area (Å²) in [4.78, 5) is 4.23. The number of guanidine groups is 1. The average molecular weight is 259 g/mol. The van der Waals surface area contributed by atoms with Crippen molar-refractivity contribution in [3.63, 3.8) is 0 Å². The number of nitrogens with one attached hydrogen (secondary N) is 2. The van der Waals surface area contributed by atoms with Crippen LogP contribution in [0.2, 0.25) is 0 Å². The van der Waals surface area contributed by atoms with Gasteiger partial charge in [-0.15, -0.1) is 0 Å². The maximum Gasteiger partial charge on any atom is 0.191 e. The molecule has 0 spiro atoms. The molecule has 0 aliphatic heterocycles. The van der Waals surface area contributed by atoms with Crippen molar-refractivity contribution in [3.05, 3.63) is 0 Å². The molecule has 102 valence electrons. The van der Waals surface area contributed by atoms with Crippen LogP contribution in [0.15, 0.2) is 4.99 Å². The van der Waals surface area contributed by atoms with Crippen LogP contribution in [0.5, 0.6) is 0 Å². The SMILES string of the molecule is CN=C(NCCSC)NC(C)CCC(C)(C)C. The summed E-state index contributed by atoms with van der Waals surface area (Å²) in [6.07, 6.45) is 4.51. The van der Waals surface area contributed by atoms with E-state index in [0.29, 0.717) is 11.5 Å². The van der Waals surface area contributed by atoms with Crippen molar-refractivity contribution >= 4 is 17.7 Å². The highest BCUT2D eigenvalue weighted by Crippen LogP contribution is 2.21. The molecular weight excluding hydrogens is 230 g/mol. The van der Waals surface area contributed by atoms with Gasteiger partial charge in [0.1, 0.15) is 0 Å². The summed E-state index contributed by atoms with van der Waals surface area (Å²) >= 11 is 1.84. The van der Waals surface area contributed by atoms with E-state index >= 15 is 0 Å². The van der Waals surface area contributed by atoms with E-state index < -0.39 is 0 Å². The van der Waals surface area contributed by atoms with Crippen LogP contribution >= 0.6 is 11.8 Å². The van der Waals surface area contributed by atoms with Gasteiger partial charge in [0.05, 0.1) is 0 Å². The zero-order chi connectivity index (χ0) is 13.3. The van der Waals surface area contributed by atoms with Gasteiger partial charge in [-0.05, 0) is 31.4 Å². The Kier molecular flexibility index (Phi) is 8.48. The van der Waals surface area contributed by atoms with Crippen LogP contribution < -0.4 is 10.6 Å². The normalized spacial score (nSPS) is 14.6. The number of hydrogen-bond donors (Lipinski definition) is 2. The summed E-state index contributed by atoms with van der Waals surface area (Å²) in [5.41, 5.74) is 0.408. The Morgan fingerprint density at radius 1 is 1.35 bits per heavy atom. The number of nitrogens with zero attached hydrogens (tertiary/aromatic N) is 1. The second-order valence-electron chi connectivity index (χ2n) is 5.64. The van der Waals surface area contributed by atoms with E-state index in [1.54, 1.807) is 0 Å². The molecule has 0 aliphatic carbocycles. The summed E-state index contributed by atoms with van der Waals surface area (Å²) in [5, 5.41) is 6.74. The van der Waals surface area contributed by atoms with E-state index in [1.807, 2.05) is 18.8 Å². The van der Waals surface area contributed by atoms with Gasteiger partial charge in [0.25, 0.3) is 0 Å². The van der Waals surface area contributed by atoms with Crippen LogP contribution in [0.1, 0.15) is 40.5 Å². The fourth-order valence-corrected chi connectivity index (χ4v) is 1.73. The zero-order valence-corrected chi connectivity index (χ0v) is 13.1. The fourth-order valence-electron chi connectivity index (χ4n) is 1.42. The molecule has 4 heteroatoms. The lowest BCUT2D eigenvalue weighted by molar-refractivity contribution is 0.346. The van der Waals surface area contributed by atoms with Crippen molar-refractivity contribution in [1.82, 2.24) is 10.6 Å². The molecule has 0 bridgehead atoms. The van der Waals surface area contributed by atoms with E-state index in [2.05, 4.69) is 49.6 Å². The number of hydrogen-bond acceptors (Lipinski definition) is 2. The first kappa shape index (κ1) is 16.6. The Morgan fingerprint density at radius 3 is 2.47 bits per heavy atom.